The molecule has 0 radical (unpaired) electrons. The van der Waals surface area contributed by atoms with Gasteiger partial charge in [-0.25, -0.2) is 0 Å². The third kappa shape index (κ3) is 5.64. The summed E-state index contributed by atoms with van der Waals surface area (Å²) >= 11 is 0. The number of rotatable bonds is 10. The summed E-state index contributed by atoms with van der Waals surface area (Å²) in [5, 5.41) is 1.46. The van der Waals surface area contributed by atoms with Crippen LogP contribution in [0.5, 0.6) is 11.5 Å². The van der Waals surface area contributed by atoms with Crippen LogP contribution in [0.2, 0.25) is 0 Å². The second-order valence-electron chi connectivity index (χ2n) is 9.82. The van der Waals surface area contributed by atoms with Crippen LogP contribution in [0.3, 0.4) is 0 Å². The number of carbonyl (C=O) groups is 1. The minimum atomic E-state index is -0.229. The number of esters is 1. The molecule has 1 aliphatic carbocycles. The van der Waals surface area contributed by atoms with Gasteiger partial charge in [0.2, 0.25) is 0 Å². The molecule has 2 aliphatic rings. The number of carbonyl (C=O) groups excluding carboxylic acids is 1. The Morgan fingerprint density at radius 1 is 1.00 bits per heavy atom. The summed E-state index contributed by atoms with van der Waals surface area (Å²) < 4.78 is 13.7. The molecule has 5 nitrogen and oxygen atoms in total. The largest absolute Gasteiger partial charge is 0.493 e. The summed E-state index contributed by atoms with van der Waals surface area (Å²) in [5.74, 6) is 2.62. The Hall–Kier alpha value is -2.79. The molecule has 0 unspecified atom stereocenters. The van der Waals surface area contributed by atoms with Crippen molar-refractivity contribution in [1.29, 1.82) is 0 Å². The van der Waals surface area contributed by atoms with Gasteiger partial charge in [-0.1, -0.05) is 31.2 Å². The average molecular weight is 461 g/mol. The fourth-order valence-electron chi connectivity index (χ4n) is 5.11. The highest BCUT2D eigenvalue weighted by Gasteiger charge is 2.26. The summed E-state index contributed by atoms with van der Waals surface area (Å²) in [6.07, 6.45) is 9.05. The Morgan fingerprint density at radius 2 is 1.79 bits per heavy atom. The van der Waals surface area contributed by atoms with Crippen molar-refractivity contribution in [1.82, 2.24) is 9.47 Å². The molecule has 0 amide bonds. The Labute approximate surface area is 202 Å². The number of ether oxygens (including phenoxy) is 2. The van der Waals surface area contributed by atoms with Gasteiger partial charge in [-0.2, -0.15) is 0 Å². The van der Waals surface area contributed by atoms with Crippen LogP contribution in [0, 0.1) is 5.92 Å². The maximum atomic E-state index is 11.5. The summed E-state index contributed by atoms with van der Waals surface area (Å²) in [7, 11) is 0. The van der Waals surface area contributed by atoms with Crippen LogP contribution in [-0.4, -0.2) is 41.7 Å². The Kier molecular flexibility index (Phi) is 7.19. The Balaban J connectivity index is 1.09. The predicted octanol–water partition coefficient (Wildman–Crippen LogP) is 6.02. The van der Waals surface area contributed by atoms with Crippen molar-refractivity contribution in [2.75, 3.05) is 26.2 Å². The molecular weight excluding hydrogens is 424 g/mol. The molecule has 0 bridgehead atoms. The molecule has 0 N–H and O–H groups in total. The molecule has 0 atom stereocenters. The van der Waals surface area contributed by atoms with E-state index in [-0.39, 0.29) is 5.97 Å². The van der Waals surface area contributed by atoms with E-state index in [1.54, 1.807) is 24.6 Å². The molecule has 2 aromatic carbocycles. The smallest absolute Gasteiger partial charge is 0.310 e. The first kappa shape index (κ1) is 23.0. The van der Waals surface area contributed by atoms with Crippen molar-refractivity contribution in [3.8, 4) is 11.5 Å². The van der Waals surface area contributed by atoms with Gasteiger partial charge in [0, 0.05) is 42.7 Å². The molecule has 5 heteroatoms. The van der Waals surface area contributed by atoms with Crippen LogP contribution in [0.15, 0.2) is 54.7 Å². The SMILES string of the molecule is CCC(=O)Oc1cccc(OCCCN2CCC(c3cn(CC4CC4)c4ccccc34)CC2)c1. The molecule has 34 heavy (non-hydrogen) atoms. The van der Waals surface area contributed by atoms with Gasteiger partial charge >= 0.3 is 5.97 Å². The Morgan fingerprint density at radius 3 is 2.59 bits per heavy atom. The third-order valence-electron chi connectivity index (χ3n) is 7.21. The van der Waals surface area contributed by atoms with Crippen molar-refractivity contribution in [2.24, 2.45) is 5.92 Å². The average Bonchev–Trinajstić information content (AvgIpc) is 3.62. The summed E-state index contributed by atoms with van der Waals surface area (Å²) in [5.41, 5.74) is 2.97. The summed E-state index contributed by atoms with van der Waals surface area (Å²) in [6, 6.07) is 16.3. The first-order chi connectivity index (χ1) is 16.7. The molecule has 3 aromatic rings. The van der Waals surface area contributed by atoms with E-state index in [0.717, 1.165) is 37.7 Å². The number of aromatic nitrogens is 1. The zero-order chi connectivity index (χ0) is 23.3. The molecule has 1 aliphatic heterocycles. The highest BCUT2D eigenvalue weighted by Crippen LogP contribution is 2.37. The van der Waals surface area contributed by atoms with Crippen molar-refractivity contribution < 1.29 is 14.3 Å². The fourth-order valence-corrected chi connectivity index (χ4v) is 5.11. The number of fused-ring (bicyclic) bond motifs is 1. The first-order valence-electron chi connectivity index (χ1n) is 12.9. The van der Waals surface area contributed by atoms with Crippen molar-refractivity contribution in [2.45, 2.75) is 57.9 Å². The van der Waals surface area contributed by atoms with Gasteiger partial charge in [-0.05, 0) is 80.8 Å². The van der Waals surface area contributed by atoms with Gasteiger partial charge in [-0.3, -0.25) is 4.79 Å². The lowest BCUT2D eigenvalue weighted by Crippen LogP contribution is -2.34. The molecule has 180 valence electrons. The third-order valence-corrected chi connectivity index (χ3v) is 7.21. The molecule has 2 heterocycles. The fraction of sp³-hybridized carbons (Fsp3) is 0.483. The van der Waals surface area contributed by atoms with Crippen molar-refractivity contribution in [3.63, 3.8) is 0 Å². The standard InChI is InChI=1S/C29H36N2O3/c1-2-29(32)34-25-8-5-7-24(19-25)33-18-6-15-30-16-13-23(14-17-30)27-21-31(20-22-11-12-22)28-10-4-3-9-26(27)28/h3-5,7-10,19,21-23H,2,6,11-18,20H2,1H3. The number of piperidine rings is 1. The van der Waals surface area contributed by atoms with Gasteiger partial charge in [0.1, 0.15) is 11.5 Å². The number of likely N-dealkylation sites (tertiary alicyclic amines) is 1. The molecule has 2 fully saturated rings. The van der Waals surface area contributed by atoms with Crippen LogP contribution in [0.4, 0.5) is 0 Å². The zero-order valence-electron chi connectivity index (χ0n) is 20.2. The van der Waals surface area contributed by atoms with Gasteiger partial charge in [0.25, 0.3) is 0 Å². The van der Waals surface area contributed by atoms with E-state index < -0.39 is 0 Å². The zero-order valence-corrected chi connectivity index (χ0v) is 20.2. The maximum absolute atomic E-state index is 11.5. The molecule has 1 saturated heterocycles. The monoisotopic (exact) mass is 460 g/mol. The number of benzene rings is 2. The van der Waals surface area contributed by atoms with E-state index in [9.17, 15) is 4.79 Å². The summed E-state index contributed by atoms with van der Waals surface area (Å²) in [6.45, 7) is 6.99. The lowest BCUT2D eigenvalue weighted by Gasteiger charge is -2.32. The van der Waals surface area contributed by atoms with Crippen LogP contribution in [0.1, 0.15) is 56.9 Å². The highest BCUT2D eigenvalue weighted by atomic mass is 16.5. The second kappa shape index (κ2) is 10.6. The Bertz CT molecular complexity index is 1110. The van der Waals surface area contributed by atoms with E-state index in [1.165, 1.54) is 43.1 Å². The van der Waals surface area contributed by atoms with E-state index in [0.29, 0.717) is 24.7 Å². The van der Waals surface area contributed by atoms with E-state index >= 15 is 0 Å². The van der Waals surface area contributed by atoms with Crippen LogP contribution in [0.25, 0.3) is 10.9 Å². The topological polar surface area (TPSA) is 43.7 Å². The molecule has 1 saturated carbocycles. The van der Waals surface area contributed by atoms with E-state index in [1.807, 2.05) is 12.1 Å². The number of hydrogen-bond acceptors (Lipinski definition) is 4. The van der Waals surface area contributed by atoms with Gasteiger partial charge in [0.05, 0.1) is 6.61 Å². The quantitative estimate of drug-likeness (QED) is 0.211. The van der Waals surface area contributed by atoms with E-state index in [4.69, 9.17) is 9.47 Å². The van der Waals surface area contributed by atoms with Crippen molar-refractivity contribution in [3.05, 3.63) is 60.3 Å². The molecular formula is C29H36N2O3. The lowest BCUT2D eigenvalue weighted by atomic mass is 9.89. The normalized spacial score (nSPS) is 17.2. The highest BCUT2D eigenvalue weighted by molar-refractivity contribution is 5.84. The first-order valence-corrected chi connectivity index (χ1v) is 12.9. The van der Waals surface area contributed by atoms with Crippen LogP contribution < -0.4 is 9.47 Å². The molecule has 5 rings (SSSR count). The number of para-hydroxylation sites is 1. The minimum Gasteiger partial charge on any atom is -0.493 e. The van der Waals surface area contributed by atoms with Gasteiger partial charge in [-0.15, -0.1) is 0 Å². The number of nitrogens with zero attached hydrogens (tertiary/aromatic N) is 2. The second-order valence-corrected chi connectivity index (χ2v) is 9.82. The maximum Gasteiger partial charge on any atom is 0.310 e. The van der Waals surface area contributed by atoms with Crippen LogP contribution in [-0.2, 0) is 11.3 Å². The van der Waals surface area contributed by atoms with E-state index in [2.05, 4.69) is 39.9 Å². The van der Waals surface area contributed by atoms with Gasteiger partial charge < -0.3 is 18.9 Å². The molecule has 0 spiro atoms. The molecule has 1 aromatic heterocycles. The lowest BCUT2D eigenvalue weighted by molar-refractivity contribution is -0.134. The minimum absolute atomic E-state index is 0.229. The number of hydrogen-bond donors (Lipinski definition) is 0. The predicted molar refractivity (Wildman–Crippen MR) is 136 cm³/mol. The summed E-state index contributed by atoms with van der Waals surface area (Å²) in [4.78, 5) is 14.1. The van der Waals surface area contributed by atoms with Crippen LogP contribution >= 0.6 is 0 Å². The van der Waals surface area contributed by atoms with Gasteiger partial charge in [0.15, 0.2) is 0 Å². The van der Waals surface area contributed by atoms with Crippen molar-refractivity contribution >= 4 is 16.9 Å².